The van der Waals surface area contributed by atoms with Crippen molar-refractivity contribution >= 4 is 11.7 Å². The molecule has 0 aliphatic heterocycles. The van der Waals surface area contributed by atoms with Crippen molar-refractivity contribution in [3.05, 3.63) is 33.9 Å². The molecule has 0 heterocycles. The van der Waals surface area contributed by atoms with Gasteiger partial charge in [-0.25, -0.2) is 0 Å². The van der Waals surface area contributed by atoms with Gasteiger partial charge in [-0.1, -0.05) is 0 Å². The van der Waals surface area contributed by atoms with Crippen LogP contribution in [0, 0.1) is 17.0 Å². The normalized spacial score (nSPS) is 11.8. The van der Waals surface area contributed by atoms with Gasteiger partial charge in [-0.15, -0.1) is 0 Å². The molecule has 0 fully saturated rings. The van der Waals surface area contributed by atoms with Gasteiger partial charge in [0.25, 0.3) is 5.69 Å². The lowest BCUT2D eigenvalue weighted by molar-refractivity contribution is -0.384. The summed E-state index contributed by atoms with van der Waals surface area (Å²) in [6.07, 6.45) is 0.450. The summed E-state index contributed by atoms with van der Waals surface area (Å²) in [5.74, 6) is 0.253. The number of benzene rings is 1. The smallest absolute Gasteiger partial charge is 0.323 e. The lowest BCUT2D eigenvalue weighted by Crippen LogP contribution is -2.36. The van der Waals surface area contributed by atoms with Crippen LogP contribution in [0.5, 0.6) is 5.75 Å². The Kier molecular flexibility index (Phi) is 6.61. The molecule has 0 aromatic heterocycles. The van der Waals surface area contributed by atoms with Crippen LogP contribution in [0.2, 0.25) is 0 Å². The van der Waals surface area contributed by atoms with Crippen LogP contribution in [0.4, 0.5) is 5.69 Å². The van der Waals surface area contributed by atoms with Gasteiger partial charge in [0.1, 0.15) is 11.8 Å². The van der Waals surface area contributed by atoms with Crippen molar-refractivity contribution in [2.75, 3.05) is 20.3 Å². The molecule has 1 aromatic carbocycles. The Morgan fingerprint density at radius 1 is 1.48 bits per heavy atom. The third-order valence-electron chi connectivity index (χ3n) is 2.95. The molecule has 0 aliphatic rings. The van der Waals surface area contributed by atoms with Crippen molar-refractivity contribution in [3.63, 3.8) is 0 Å². The Balaban J connectivity index is 2.55. The zero-order valence-electron chi connectivity index (χ0n) is 12.4. The molecule has 0 bridgehead atoms. The summed E-state index contributed by atoms with van der Waals surface area (Å²) in [5.41, 5.74) is 0.709. The largest absolute Gasteiger partial charge is 0.493 e. The zero-order valence-corrected chi connectivity index (χ0v) is 12.4. The highest BCUT2D eigenvalue weighted by Gasteiger charge is 2.17. The molecule has 1 unspecified atom stereocenters. The summed E-state index contributed by atoms with van der Waals surface area (Å²) in [6.45, 7) is 4.13. The number of carbonyl (C=O) groups excluding carboxylic acids is 1. The fourth-order valence-corrected chi connectivity index (χ4v) is 1.82. The van der Waals surface area contributed by atoms with Crippen LogP contribution in [-0.2, 0) is 9.53 Å². The van der Waals surface area contributed by atoms with E-state index in [2.05, 4.69) is 5.32 Å². The molecule has 21 heavy (non-hydrogen) atoms. The fourth-order valence-electron chi connectivity index (χ4n) is 1.82. The highest BCUT2D eigenvalue weighted by molar-refractivity contribution is 5.75. The van der Waals surface area contributed by atoms with E-state index < -0.39 is 11.0 Å². The molecular formula is C14H20N2O5. The van der Waals surface area contributed by atoms with Gasteiger partial charge in [0.15, 0.2) is 0 Å². The molecule has 1 N–H and O–H groups in total. The minimum absolute atomic E-state index is 0.0273. The molecule has 7 heteroatoms. The van der Waals surface area contributed by atoms with E-state index in [1.807, 2.05) is 0 Å². The van der Waals surface area contributed by atoms with Crippen LogP contribution in [0.15, 0.2) is 18.2 Å². The number of aryl methyl sites for hydroxylation is 1. The third kappa shape index (κ3) is 5.03. The minimum Gasteiger partial charge on any atom is -0.493 e. The quantitative estimate of drug-likeness (QED) is 0.447. The van der Waals surface area contributed by atoms with Crippen LogP contribution in [0.3, 0.4) is 0 Å². The number of non-ortho nitro benzene ring substituents is 1. The van der Waals surface area contributed by atoms with Crippen molar-refractivity contribution in [1.29, 1.82) is 0 Å². The van der Waals surface area contributed by atoms with E-state index >= 15 is 0 Å². The van der Waals surface area contributed by atoms with E-state index in [0.717, 1.165) is 0 Å². The van der Waals surface area contributed by atoms with Gasteiger partial charge in [-0.3, -0.25) is 14.9 Å². The molecule has 7 nitrogen and oxygen atoms in total. The first-order chi connectivity index (χ1) is 9.99. The van der Waals surface area contributed by atoms with Gasteiger partial charge in [-0.2, -0.15) is 0 Å². The predicted molar refractivity (Wildman–Crippen MR) is 77.4 cm³/mol. The molecule has 0 saturated carbocycles. The fraction of sp³-hybridized carbons (Fsp3) is 0.500. The molecule has 0 spiro atoms. The van der Waals surface area contributed by atoms with E-state index in [4.69, 9.17) is 9.47 Å². The Morgan fingerprint density at radius 3 is 2.71 bits per heavy atom. The average molecular weight is 296 g/mol. The standard InChI is InChI=1S/C14H20N2O5/c1-4-20-14(17)12(15-3)7-8-21-13-6-5-11(16(18)19)9-10(13)2/h5-6,9,12,15H,4,7-8H2,1-3H3. The van der Waals surface area contributed by atoms with Crippen LogP contribution in [0.1, 0.15) is 18.9 Å². The van der Waals surface area contributed by atoms with Gasteiger partial charge in [0.05, 0.1) is 18.1 Å². The van der Waals surface area contributed by atoms with Crippen molar-refractivity contribution in [2.45, 2.75) is 26.3 Å². The lowest BCUT2D eigenvalue weighted by Gasteiger charge is -2.15. The van der Waals surface area contributed by atoms with Gasteiger partial charge in [0, 0.05) is 18.6 Å². The SMILES string of the molecule is CCOC(=O)C(CCOc1ccc([N+](=O)[O-])cc1C)NC. The number of ether oxygens (including phenoxy) is 2. The van der Waals surface area contributed by atoms with E-state index in [-0.39, 0.29) is 11.7 Å². The van der Waals surface area contributed by atoms with Gasteiger partial charge in [0.2, 0.25) is 0 Å². The first-order valence-electron chi connectivity index (χ1n) is 6.71. The number of esters is 1. The molecular weight excluding hydrogens is 276 g/mol. The lowest BCUT2D eigenvalue weighted by atomic mass is 10.2. The summed E-state index contributed by atoms with van der Waals surface area (Å²) in [6, 6.07) is 3.98. The predicted octanol–water partition coefficient (Wildman–Crippen LogP) is 1.82. The van der Waals surface area contributed by atoms with Crippen molar-refractivity contribution in [2.24, 2.45) is 0 Å². The molecule has 0 amide bonds. The monoisotopic (exact) mass is 296 g/mol. The topological polar surface area (TPSA) is 90.7 Å². The number of rotatable bonds is 8. The molecule has 1 aromatic rings. The number of nitro benzene ring substituents is 1. The van der Waals surface area contributed by atoms with E-state index in [1.165, 1.54) is 12.1 Å². The summed E-state index contributed by atoms with van der Waals surface area (Å²) < 4.78 is 10.5. The second-order valence-electron chi connectivity index (χ2n) is 4.44. The number of likely N-dealkylation sites (N-methyl/N-ethyl adjacent to an activating group) is 1. The molecule has 0 radical (unpaired) electrons. The van der Waals surface area contributed by atoms with Crippen molar-refractivity contribution in [1.82, 2.24) is 5.32 Å². The molecule has 1 rings (SSSR count). The molecule has 116 valence electrons. The second-order valence-corrected chi connectivity index (χ2v) is 4.44. The first kappa shape index (κ1) is 16.9. The van der Waals surface area contributed by atoms with Crippen LogP contribution in [0.25, 0.3) is 0 Å². The van der Waals surface area contributed by atoms with Crippen molar-refractivity contribution in [3.8, 4) is 5.75 Å². The number of carbonyl (C=O) groups is 1. The van der Waals surface area contributed by atoms with E-state index in [9.17, 15) is 14.9 Å². The maximum Gasteiger partial charge on any atom is 0.323 e. The van der Waals surface area contributed by atoms with Gasteiger partial charge in [-0.05, 0) is 32.5 Å². The number of nitrogens with zero attached hydrogens (tertiary/aromatic N) is 1. The Bertz CT molecular complexity index is 504. The maximum atomic E-state index is 11.6. The Morgan fingerprint density at radius 2 is 2.19 bits per heavy atom. The van der Waals surface area contributed by atoms with Crippen molar-refractivity contribution < 1.29 is 19.2 Å². The molecule has 0 aliphatic carbocycles. The minimum atomic E-state index is -0.450. The zero-order chi connectivity index (χ0) is 15.8. The van der Waals surface area contributed by atoms with E-state index in [0.29, 0.717) is 30.9 Å². The highest BCUT2D eigenvalue weighted by Crippen LogP contribution is 2.23. The number of nitro groups is 1. The Hall–Kier alpha value is -2.15. The summed E-state index contributed by atoms with van der Waals surface area (Å²) in [4.78, 5) is 21.8. The second kappa shape index (κ2) is 8.21. The van der Waals surface area contributed by atoms with Crippen LogP contribution >= 0.6 is 0 Å². The van der Waals surface area contributed by atoms with Crippen LogP contribution in [-0.4, -0.2) is 37.2 Å². The summed E-state index contributed by atoms with van der Waals surface area (Å²) in [7, 11) is 1.68. The molecule has 0 saturated heterocycles. The Labute approximate surface area is 123 Å². The van der Waals surface area contributed by atoms with Gasteiger partial charge < -0.3 is 14.8 Å². The average Bonchev–Trinajstić information content (AvgIpc) is 2.45. The summed E-state index contributed by atoms with van der Waals surface area (Å²) in [5, 5.41) is 13.5. The van der Waals surface area contributed by atoms with E-state index in [1.54, 1.807) is 27.0 Å². The number of nitrogens with one attached hydrogen (secondary N) is 1. The first-order valence-corrected chi connectivity index (χ1v) is 6.71. The number of hydrogen-bond acceptors (Lipinski definition) is 6. The maximum absolute atomic E-state index is 11.6. The third-order valence-corrected chi connectivity index (χ3v) is 2.95. The van der Waals surface area contributed by atoms with Gasteiger partial charge >= 0.3 is 5.97 Å². The number of hydrogen-bond donors (Lipinski definition) is 1. The highest BCUT2D eigenvalue weighted by atomic mass is 16.6. The molecule has 1 atom stereocenters. The summed E-state index contributed by atoms with van der Waals surface area (Å²) >= 11 is 0. The van der Waals surface area contributed by atoms with Crippen LogP contribution < -0.4 is 10.1 Å².